The van der Waals surface area contributed by atoms with Crippen molar-refractivity contribution in [2.75, 3.05) is 4.72 Å². The third kappa shape index (κ3) is 3.99. The van der Waals surface area contributed by atoms with E-state index < -0.39 is 10.0 Å². The Morgan fingerprint density at radius 2 is 2.10 bits per heavy atom. The normalized spacial score (nSPS) is 12.9. The van der Waals surface area contributed by atoms with Gasteiger partial charge < -0.3 is 5.73 Å². The highest BCUT2D eigenvalue weighted by Crippen LogP contribution is 2.20. The first-order valence-corrected chi connectivity index (χ1v) is 8.56. The molecule has 1 aromatic carbocycles. The van der Waals surface area contributed by atoms with Crippen LogP contribution in [0.4, 0.5) is 5.82 Å². The molecule has 0 spiro atoms. The topological polar surface area (TPSA) is 98.0 Å². The molecule has 0 aliphatic rings. The Morgan fingerprint density at radius 1 is 1.33 bits per heavy atom. The molecule has 0 aliphatic carbocycles. The molecule has 2 rings (SSSR count). The van der Waals surface area contributed by atoms with Crippen molar-refractivity contribution in [1.29, 1.82) is 0 Å². The molecule has 1 heterocycles. The van der Waals surface area contributed by atoms with E-state index in [0.29, 0.717) is 4.60 Å². The van der Waals surface area contributed by atoms with E-state index in [1.165, 1.54) is 18.5 Å². The number of nitrogens with two attached hydrogens (primary N) is 1. The van der Waals surface area contributed by atoms with E-state index in [4.69, 9.17) is 5.73 Å². The van der Waals surface area contributed by atoms with Crippen molar-refractivity contribution in [1.82, 2.24) is 9.97 Å². The molecule has 8 heteroatoms. The van der Waals surface area contributed by atoms with E-state index >= 15 is 0 Å². The van der Waals surface area contributed by atoms with E-state index in [2.05, 4.69) is 30.6 Å². The quantitative estimate of drug-likeness (QED) is 0.841. The maximum absolute atomic E-state index is 12.3. The van der Waals surface area contributed by atoms with Crippen LogP contribution in [0.1, 0.15) is 24.9 Å². The highest BCUT2D eigenvalue weighted by molar-refractivity contribution is 9.10. The minimum Gasteiger partial charge on any atom is -0.324 e. The summed E-state index contributed by atoms with van der Waals surface area (Å²) in [5.41, 5.74) is 6.71. The maximum atomic E-state index is 12.3. The number of aromatic nitrogens is 2. The minimum atomic E-state index is -3.71. The van der Waals surface area contributed by atoms with Gasteiger partial charge in [-0.2, -0.15) is 0 Å². The second kappa shape index (κ2) is 6.50. The van der Waals surface area contributed by atoms with Crippen molar-refractivity contribution in [3.63, 3.8) is 0 Å². The Bertz CT molecular complexity index is 719. The van der Waals surface area contributed by atoms with Gasteiger partial charge in [0.2, 0.25) is 0 Å². The standard InChI is InChI=1S/C13H15BrN4O2S/c1-2-11(15)9-4-3-5-10(6-9)21(19,20)18-13-8-16-12(14)7-17-13/h3-8,11H,2,15H2,1H3,(H,17,18). The molecule has 1 aromatic heterocycles. The van der Waals surface area contributed by atoms with E-state index in [1.54, 1.807) is 12.1 Å². The SMILES string of the molecule is CCC(N)c1cccc(S(=O)(=O)Nc2cnc(Br)cn2)c1. The highest BCUT2D eigenvalue weighted by Gasteiger charge is 2.16. The molecule has 3 N–H and O–H groups in total. The lowest BCUT2D eigenvalue weighted by Crippen LogP contribution is -2.15. The molecular weight excluding hydrogens is 356 g/mol. The molecule has 0 saturated carbocycles. The van der Waals surface area contributed by atoms with Gasteiger partial charge in [-0.15, -0.1) is 0 Å². The lowest BCUT2D eigenvalue weighted by Gasteiger charge is -2.12. The maximum Gasteiger partial charge on any atom is 0.263 e. The highest BCUT2D eigenvalue weighted by atomic mass is 79.9. The van der Waals surface area contributed by atoms with Gasteiger partial charge in [-0.05, 0) is 40.0 Å². The van der Waals surface area contributed by atoms with Gasteiger partial charge in [-0.25, -0.2) is 18.4 Å². The summed E-state index contributed by atoms with van der Waals surface area (Å²) < 4.78 is 27.5. The van der Waals surface area contributed by atoms with Crippen LogP contribution in [0, 0.1) is 0 Å². The molecule has 0 radical (unpaired) electrons. The van der Waals surface area contributed by atoms with Crippen LogP contribution in [0.2, 0.25) is 0 Å². The molecule has 0 fully saturated rings. The first-order chi connectivity index (χ1) is 9.92. The van der Waals surface area contributed by atoms with Crippen molar-refractivity contribution in [3.05, 3.63) is 46.8 Å². The van der Waals surface area contributed by atoms with Gasteiger partial charge in [0.05, 0.1) is 17.3 Å². The van der Waals surface area contributed by atoms with E-state index in [1.807, 2.05) is 13.0 Å². The predicted octanol–water partition coefficient (Wildman–Crippen LogP) is 2.45. The largest absolute Gasteiger partial charge is 0.324 e. The predicted molar refractivity (Wildman–Crippen MR) is 84.2 cm³/mol. The average molecular weight is 371 g/mol. The van der Waals surface area contributed by atoms with Crippen LogP contribution < -0.4 is 10.5 Å². The summed E-state index contributed by atoms with van der Waals surface area (Å²) in [7, 11) is -3.71. The van der Waals surface area contributed by atoms with Crippen LogP contribution in [-0.4, -0.2) is 18.4 Å². The number of nitrogens with zero attached hydrogens (tertiary/aromatic N) is 2. The van der Waals surface area contributed by atoms with Crippen molar-refractivity contribution in [2.24, 2.45) is 5.73 Å². The van der Waals surface area contributed by atoms with Crippen molar-refractivity contribution < 1.29 is 8.42 Å². The number of anilines is 1. The molecule has 1 atom stereocenters. The Kier molecular flexibility index (Phi) is 4.92. The lowest BCUT2D eigenvalue weighted by atomic mass is 10.1. The first-order valence-electron chi connectivity index (χ1n) is 6.28. The Hall–Kier alpha value is -1.51. The van der Waals surface area contributed by atoms with E-state index in [9.17, 15) is 8.42 Å². The first kappa shape index (κ1) is 15.9. The number of nitrogens with one attached hydrogen (secondary N) is 1. The number of halogens is 1. The second-order valence-electron chi connectivity index (χ2n) is 4.42. The van der Waals surface area contributed by atoms with Gasteiger partial charge in [0.1, 0.15) is 4.60 Å². The number of hydrogen-bond acceptors (Lipinski definition) is 5. The van der Waals surface area contributed by atoms with Crippen LogP contribution >= 0.6 is 15.9 Å². The van der Waals surface area contributed by atoms with Crippen molar-refractivity contribution >= 4 is 31.8 Å². The molecule has 1 unspecified atom stereocenters. The fraction of sp³-hybridized carbons (Fsp3) is 0.231. The van der Waals surface area contributed by atoms with Crippen molar-refractivity contribution in [2.45, 2.75) is 24.3 Å². The number of rotatable bonds is 5. The van der Waals surface area contributed by atoms with Gasteiger partial charge in [-0.3, -0.25) is 4.72 Å². The Balaban J connectivity index is 2.29. The molecule has 2 aromatic rings. The summed E-state index contributed by atoms with van der Waals surface area (Å²) in [4.78, 5) is 8.01. The number of benzene rings is 1. The molecule has 112 valence electrons. The van der Waals surface area contributed by atoms with Gasteiger partial charge in [0.15, 0.2) is 5.82 Å². The van der Waals surface area contributed by atoms with E-state index in [-0.39, 0.29) is 16.8 Å². The molecule has 0 bridgehead atoms. The van der Waals surface area contributed by atoms with Crippen LogP contribution in [0.5, 0.6) is 0 Å². The van der Waals surface area contributed by atoms with Gasteiger partial charge >= 0.3 is 0 Å². The molecular formula is C13H15BrN4O2S. The molecule has 0 amide bonds. The average Bonchev–Trinajstić information content (AvgIpc) is 2.49. The summed E-state index contributed by atoms with van der Waals surface area (Å²) in [6.45, 7) is 1.95. The monoisotopic (exact) mass is 370 g/mol. The third-order valence-electron chi connectivity index (χ3n) is 2.90. The zero-order valence-electron chi connectivity index (χ0n) is 11.3. The summed E-state index contributed by atoms with van der Waals surface area (Å²) in [5.74, 6) is 0.156. The van der Waals surface area contributed by atoms with Crippen LogP contribution in [0.15, 0.2) is 46.2 Å². The smallest absolute Gasteiger partial charge is 0.263 e. The zero-order chi connectivity index (χ0) is 15.5. The number of sulfonamides is 1. The van der Waals surface area contributed by atoms with Gasteiger partial charge in [0.25, 0.3) is 10.0 Å². The Morgan fingerprint density at radius 3 is 2.71 bits per heavy atom. The molecule has 21 heavy (non-hydrogen) atoms. The fourth-order valence-electron chi connectivity index (χ4n) is 1.71. The van der Waals surface area contributed by atoms with Gasteiger partial charge in [0, 0.05) is 6.04 Å². The third-order valence-corrected chi connectivity index (χ3v) is 4.66. The Labute approximate surface area is 132 Å². The van der Waals surface area contributed by atoms with Crippen molar-refractivity contribution in [3.8, 4) is 0 Å². The molecule has 6 nitrogen and oxygen atoms in total. The minimum absolute atomic E-state index is 0.147. The summed E-state index contributed by atoms with van der Waals surface area (Å²) >= 11 is 3.14. The molecule has 0 aliphatic heterocycles. The summed E-state index contributed by atoms with van der Waals surface area (Å²) in [6.07, 6.45) is 3.49. The van der Waals surface area contributed by atoms with Crippen LogP contribution in [0.25, 0.3) is 0 Å². The van der Waals surface area contributed by atoms with Crippen LogP contribution in [0.3, 0.4) is 0 Å². The lowest BCUT2D eigenvalue weighted by molar-refractivity contribution is 0.600. The molecule has 0 saturated heterocycles. The fourth-order valence-corrected chi connectivity index (χ4v) is 2.96. The zero-order valence-corrected chi connectivity index (χ0v) is 13.7. The second-order valence-corrected chi connectivity index (χ2v) is 6.91. The number of hydrogen-bond donors (Lipinski definition) is 2. The summed E-state index contributed by atoms with van der Waals surface area (Å²) in [5, 5.41) is 0. The van der Waals surface area contributed by atoms with Gasteiger partial charge in [-0.1, -0.05) is 19.1 Å². The van der Waals surface area contributed by atoms with Crippen LogP contribution in [-0.2, 0) is 10.0 Å². The summed E-state index contributed by atoms with van der Waals surface area (Å²) in [6, 6.07) is 6.38. The van der Waals surface area contributed by atoms with E-state index in [0.717, 1.165) is 12.0 Å².